The Hall–Kier alpha value is -6.18. The van der Waals surface area contributed by atoms with E-state index in [0.717, 1.165) is 38.6 Å². The molecule has 0 aliphatic rings. The van der Waals surface area contributed by atoms with Crippen LogP contribution in [0, 0.1) is 0 Å². The Labute approximate surface area is 279 Å². The highest BCUT2D eigenvalue weighted by Gasteiger charge is 2.18. The van der Waals surface area contributed by atoms with Gasteiger partial charge in [-0.3, -0.25) is 0 Å². The monoisotopic (exact) mass is 612 g/mol. The van der Waals surface area contributed by atoms with Crippen LogP contribution in [0.1, 0.15) is 18.1 Å². The Kier molecular flexibility index (Phi) is 6.59. The van der Waals surface area contributed by atoms with Crippen molar-refractivity contribution in [2.45, 2.75) is 6.92 Å². The predicted molar refractivity (Wildman–Crippen MR) is 207 cm³/mol. The third-order valence-electron chi connectivity index (χ3n) is 9.74. The van der Waals surface area contributed by atoms with Gasteiger partial charge in [-0.05, 0) is 108 Å². The molecule has 1 heteroatoms. The maximum Gasteiger partial charge on any atom is 0.136 e. The summed E-state index contributed by atoms with van der Waals surface area (Å²) in [5.74, 6) is 0. The molecule has 0 saturated carbocycles. The lowest BCUT2D eigenvalue weighted by atomic mass is 9.84. The minimum atomic E-state index is 0.891. The van der Waals surface area contributed by atoms with E-state index in [9.17, 15) is 0 Å². The number of hydrogen-bond acceptors (Lipinski definition) is 1. The van der Waals surface area contributed by atoms with Crippen LogP contribution in [0.2, 0.25) is 0 Å². The van der Waals surface area contributed by atoms with Gasteiger partial charge >= 0.3 is 0 Å². The third-order valence-corrected chi connectivity index (χ3v) is 9.74. The molecule has 1 heterocycles. The maximum absolute atomic E-state index is 6.29. The second kappa shape index (κ2) is 11.3. The number of fused-ring (bicyclic) bond motifs is 6. The van der Waals surface area contributed by atoms with Gasteiger partial charge in [0.05, 0.1) is 0 Å². The molecule has 9 aromatic rings. The second-order valence-corrected chi connectivity index (χ2v) is 12.4. The Bertz CT molecular complexity index is 2680. The quantitative estimate of drug-likeness (QED) is 0.176. The number of hydrogen-bond donors (Lipinski definition) is 0. The highest BCUT2D eigenvalue weighted by molar-refractivity contribution is 6.23. The van der Waals surface area contributed by atoms with Crippen LogP contribution < -0.4 is 0 Å². The molecule has 0 amide bonds. The van der Waals surface area contributed by atoms with Gasteiger partial charge in [0, 0.05) is 10.8 Å². The molecular formula is C47H32O. The molecular weight excluding hydrogens is 581 g/mol. The summed E-state index contributed by atoms with van der Waals surface area (Å²) in [6.45, 7) is 6.08. The van der Waals surface area contributed by atoms with E-state index in [0.29, 0.717) is 0 Å². The molecule has 226 valence electrons. The Morgan fingerprint density at radius 1 is 0.458 bits per heavy atom. The van der Waals surface area contributed by atoms with E-state index in [-0.39, 0.29) is 0 Å². The molecule has 0 bridgehead atoms. The van der Waals surface area contributed by atoms with Gasteiger partial charge in [-0.15, -0.1) is 0 Å². The molecule has 8 aromatic carbocycles. The highest BCUT2D eigenvalue weighted by Crippen LogP contribution is 2.45. The zero-order valence-electron chi connectivity index (χ0n) is 26.7. The molecule has 0 saturated heterocycles. The van der Waals surface area contributed by atoms with Gasteiger partial charge in [-0.1, -0.05) is 146 Å². The van der Waals surface area contributed by atoms with E-state index in [1.807, 2.05) is 19.1 Å². The molecule has 0 radical (unpaired) electrons. The van der Waals surface area contributed by atoms with Crippen molar-refractivity contribution in [2.75, 3.05) is 0 Å². The van der Waals surface area contributed by atoms with Crippen LogP contribution >= 0.6 is 0 Å². The summed E-state index contributed by atoms with van der Waals surface area (Å²) in [4.78, 5) is 0. The van der Waals surface area contributed by atoms with Crippen molar-refractivity contribution in [3.05, 3.63) is 169 Å². The molecule has 1 nitrogen and oxygen atoms in total. The minimum Gasteiger partial charge on any atom is -0.456 e. The van der Waals surface area contributed by atoms with Crippen molar-refractivity contribution >= 4 is 66.4 Å². The van der Waals surface area contributed by atoms with Crippen molar-refractivity contribution in [3.8, 4) is 33.4 Å². The number of benzene rings is 8. The molecule has 1 aromatic heterocycles. The number of allylic oxidation sites excluding steroid dienone is 1. The van der Waals surface area contributed by atoms with Crippen molar-refractivity contribution in [2.24, 2.45) is 0 Å². The van der Waals surface area contributed by atoms with Crippen LogP contribution in [0.15, 0.2) is 163 Å². The Morgan fingerprint density at radius 2 is 1.04 bits per heavy atom. The van der Waals surface area contributed by atoms with Gasteiger partial charge in [-0.2, -0.15) is 0 Å². The zero-order valence-corrected chi connectivity index (χ0v) is 26.7. The fourth-order valence-electron chi connectivity index (χ4n) is 7.54. The Morgan fingerprint density at radius 3 is 1.73 bits per heavy atom. The second-order valence-electron chi connectivity index (χ2n) is 12.4. The topological polar surface area (TPSA) is 13.1 Å². The molecule has 0 fully saturated rings. The van der Waals surface area contributed by atoms with Gasteiger partial charge in [0.15, 0.2) is 0 Å². The summed E-state index contributed by atoms with van der Waals surface area (Å²) in [5, 5.41) is 9.79. The normalized spacial score (nSPS) is 11.9. The average Bonchev–Trinajstić information content (AvgIpc) is 3.50. The predicted octanol–water partition coefficient (Wildman–Crippen LogP) is 13.7. The van der Waals surface area contributed by atoms with Crippen molar-refractivity contribution in [3.63, 3.8) is 0 Å². The third kappa shape index (κ3) is 4.40. The first-order chi connectivity index (χ1) is 23.7. The molecule has 48 heavy (non-hydrogen) atoms. The summed E-state index contributed by atoms with van der Waals surface area (Å²) in [6.07, 6.45) is 6.06. The van der Waals surface area contributed by atoms with Crippen LogP contribution in [-0.2, 0) is 0 Å². The molecule has 9 rings (SSSR count). The first-order valence-electron chi connectivity index (χ1n) is 16.5. The zero-order chi connectivity index (χ0) is 32.2. The fourth-order valence-corrected chi connectivity index (χ4v) is 7.54. The average molecular weight is 613 g/mol. The number of rotatable bonds is 5. The molecule has 0 atom stereocenters. The Balaban J connectivity index is 1.20. The van der Waals surface area contributed by atoms with E-state index in [1.165, 1.54) is 60.1 Å². The summed E-state index contributed by atoms with van der Waals surface area (Å²) in [7, 11) is 0. The number of furan rings is 1. The largest absolute Gasteiger partial charge is 0.456 e. The van der Waals surface area contributed by atoms with Gasteiger partial charge in [0.1, 0.15) is 11.2 Å². The van der Waals surface area contributed by atoms with Gasteiger partial charge in [0.2, 0.25) is 0 Å². The first-order valence-corrected chi connectivity index (χ1v) is 16.5. The van der Waals surface area contributed by atoms with E-state index < -0.39 is 0 Å². The molecule has 0 aliphatic heterocycles. The molecule has 0 spiro atoms. The fraction of sp³-hybridized carbons (Fsp3) is 0.0213. The van der Waals surface area contributed by atoms with Crippen molar-refractivity contribution < 1.29 is 4.42 Å². The van der Waals surface area contributed by atoms with E-state index >= 15 is 0 Å². The maximum atomic E-state index is 6.29. The molecule has 0 unspecified atom stereocenters. The van der Waals surface area contributed by atoms with E-state index in [2.05, 4.69) is 158 Å². The summed E-state index contributed by atoms with van der Waals surface area (Å²) >= 11 is 0. The lowest BCUT2D eigenvalue weighted by Gasteiger charge is -2.19. The molecule has 0 N–H and O–H groups in total. The van der Waals surface area contributed by atoms with Crippen LogP contribution in [0.5, 0.6) is 0 Å². The van der Waals surface area contributed by atoms with Gasteiger partial charge < -0.3 is 4.42 Å². The first kappa shape index (κ1) is 28.1. The van der Waals surface area contributed by atoms with Crippen LogP contribution in [0.3, 0.4) is 0 Å². The lowest BCUT2D eigenvalue weighted by Crippen LogP contribution is -1.91. The van der Waals surface area contributed by atoms with Crippen LogP contribution in [0.4, 0.5) is 0 Å². The minimum absolute atomic E-state index is 0.891. The van der Waals surface area contributed by atoms with Crippen molar-refractivity contribution in [1.82, 2.24) is 0 Å². The highest BCUT2D eigenvalue weighted by atomic mass is 16.3. The summed E-state index contributed by atoms with van der Waals surface area (Å²) in [5.41, 5.74) is 11.4. The van der Waals surface area contributed by atoms with Crippen LogP contribution in [0.25, 0.3) is 99.8 Å². The van der Waals surface area contributed by atoms with Crippen LogP contribution in [-0.4, -0.2) is 0 Å². The SMILES string of the molecule is C=Cc1cc2c(cc1/C=C\C)oc1ccc(-c3ccc(-c4c5ccccc5c(-c5cccc6ccccc56)c5ccccc45)cc3)cc12. The standard InChI is InChI=1S/C47H32O/c1-3-12-34-29-45-43(27-30(34)4-2)42-28-35(25-26-44(42)48-45)31-21-23-33(24-22-31)46-38-16-7-9-18-40(38)47(41-19-10-8-17-39(41)46)37-20-11-14-32-13-5-6-15-36(32)37/h3-29H,2H2,1H3/b12-3-. The lowest BCUT2D eigenvalue weighted by molar-refractivity contribution is 0.669. The van der Waals surface area contributed by atoms with E-state index in [1.54, 1.807) is 0 Å². The smallest absolute Gasteiger partial charge is 0.136 e. The van der Waals surface area contributed by atoms with Crippen molar-refractivity contribution in [1.29, 1.82) is 0 Å². The summed E-state index contributed by atoms with van der Waals surface area (Å²) < 4.78 is 6.29. The van der Waals surface area contributed by atoms with Gasteiger partial charge in [0.25, 0.3) is 0 Å². The van der Waals surface area contributed by atoms with Gasteiger partial charge in [-0.25, -0.2) is 0 Å². The van der Waals surface area contributed by atoms with E-state index in [4.69, 9.17) is 4.42 Å². The summed E-state index contributed by atoms with van der Waals surface area (Å²) in [6, 6.07) is 52.9. The molecule has 0 aliphatic carbocycles.